The number of esters is 1. The van der Waals surface area contributed by atoms with Gasteiger partial charge in [-0.3, -0.25) is 4.79 Å². The number of ether oxygens (including phenoxy) is 4. The highest BCUT2D eigenvalue weighted by atomic mass is 16.7. The predicted octanol–water partition coefficient (Wildman–Crippen LogP) is 9.39. The summed E-state index contributed by atoms with van der Waals surface area (Å²) in [5, 5.41) is 0. The van der Waals surface area contributed by atoms with Gasteiger partial charge >= 0.3 is 12.1 Å². The van der Waals surface area contributed by atoms with Crippen LogP contribution in [0, 0.1) is 11.8 Å². The summed E-state index contributed by atoms with van der Waals surface area (Å²) in [7, 11) is 0. The molecule has 1 fully saturated rings. The fourth-order valence-electron chi connectivity index (χ4n) is 6.13. The number of unbranched alkanes of at least 4 members (excludes halogenated alkanes) is 12. The van der Waals surface area contributed by atoms with Crippen LogP contribution in [0.2, 0.25) is 0 Å². The summed E-state index contributed by atoms with van der Waals surface area (Å²) in [4.78, 5) is 30.0. The Labute approximate surface area is 284 Å². The van der Waals surface area contributed by atoms with Crippen LogP contribution in [0.3, 0.4) is 0 Å². The lowest BCUT2D eigenvalue weighted by atomic mass is 9.86. The monoisotopic (exact) mass is 655 g/mol. The SMILES string of the molecule is CCCCCCCCCOC(CCC(=O)OC1CC(C(C)C)CN(C(=O)OCCCN(CC)CC)C1)OCCCCCCCCC. The lowest BCUT2D eigenvalue weighted by Gasteiger charge is -2.38. The molecule has 1 aliphatic rings. The molecule has 0 N–H and O–H groups in total. The van der Waals surface area contributed by atoms with E-state index in [0.29, 0.717) is 45.2 Å². The highest BCUT2D eigenvalue weighted by molar-refractivity contribution is 5.70. The number of hydrogen-bond acceptors (Lipinski definition) is 7. The number of nitrogens with zero attached hydrogens (tertiary/aromatic N) is 2. The van der Waals surface area contributed by atoms with Gasteiger partial charge in [-0.05, 0) is 50.6 Å². The molecular weight excluding hydrogens is 580 g/mol. The van der Waals surface area contributed by atoms with Gasteiger partial charge in [-0.25, -0.2) is 4.79 Å². The second kappa shape index (κ2) is 28.6. The van der Waals surface area contributed by atoms with Crippen molar-refractivity contribution in [1.82, 2.24) is 9.80 Å². The van der Waals surface area contributed by atoms with Crippen molar-refractivity contribution >= 4 is 12.1 Å². The highest BCUT2D eigenvalue weighted by Gasteiger charge is 2.34. The van der Waals surface area contributed by atoms with Crippen molar-refractivity contribution < 1.29 is 28.5 Å². The summed E-state index contributed by atoms with van der Waals surface area (Å²) < 4.78 is 23.9. The Balaban J connectivity index is 2.54. The number of hydrogen-bond donors (Lipinski definition) is 0. The molecule has 1 aliphatic heterocycles. The molecule has 8 nitrogen and oxygen atoms in total. The van der Waals surface area contributed by atoms with Crippen LogP contribution in [0.1, 0.15) is 157 Å². The maximum absolute atomic E-state index is 13.0. The molecule has 1 rings (SSSR count). The van der Waals surface area contributed by atoms with E-state index >= 15 is 0 Å². The fraction of sp³-hybridized carbons (Fsp3) is 0.947. The fourth-order valence-corrected chi connectivity index (χ4v) is 6.13. The van der Waals surface area contributed by atoms with E-state index in [0.717, 1.165) is 45.3 Å². The van der Waals surface area contributed by atoms with Crippen LogP contribution in [-0.2, 0) is 23.7 Å². The van der Waals surface area contributed by atoms with Crippen molar-refractivity contribution in [1.29, 1.82) is 0 Å². The van der Waals surface area contributed by atoms with Crippen LogP contribution in [0.15, 0.2) is 0 Å². The molecule has 2 unspecified atom stereocenters. The zero-order valence-electron chi connectivity index (χ0n) is 31.0. The number of piperidine rings is 1. The van der Waals surface area contributed by atoms with Crippen LogP contribution in [0.5, 0.6) is 0 Å². The molecule has 0 aromatic rings. The van der Waals surface area contributed by atoms with Crippen molar-refractivity contribution in [2.45, 2.75) is 170 Å². The van der Waals surface area contributed by atoms with E-state index in [1.165, 1.54) is 77.0 Å². The van der Waals surface area contributed by atoms with Crippen LogP contribution < -0.4 is 0 Å². The van der Waals surface area contributed by atoms with E-state index < -0.39 is 0 Å². The summed E-state index contributed by atoms with van der Waals surface area (Å²) in [5.41, 5.74) is 0. The zero-order chi connectivity index (χ0) is 33.8. The first kappa shape index (κ1) is 42.6. The summed E-state index contributed by atoms with van der Waals surface area (Å²) in [6, 6.07) is 0. The summed E-state index contributed by atoms with van der Waals surface area (Å²) in [5.74, 6) is 0.396. The van der Waals surface area contributed by atoms with Crippen LogP contribution >= 0.6 is 0 Å². The van der Waals surface area contributed by atoms with E-state index in [9.17, 15) is 9.59 Å². The molecule has 2 atom stereocenters. The largest absolute Gasteiger partial charge is 0.460 e. The molecule has 1 amide bonds. The summed E-state index contributed by atoms with van der Waals surface area (Å²) in [6.45, 7) is 18.8. The van der Waals surface area contributed by atoms with Crippen molar-refractivity contribution in [3.63, 3.8) is 0 Å². The lowest BCUT2D eigenvalue weighted by molar-refractivity contribution is -0.164. The topological polar surface area (TPSA) is 77.5 Å². The van der Waals surface area contributed by atoms with Gasteiger partial charge in [0.25, 0.3) is 0 Å². The van der Waals surface area contributed by atoms with Gasteiger partial charge in [0.1, 0.15) is 6.10 Å². The minimum absolute atomic E-state index is 0.244. The van der Waals surface area contributed by atoms with Crippen LogP contribution in [0.4, 0.5) is 4.79 Å². The lowest BCUT2D eigenvalue weighted by Crippen LogP contribution is -2.49. The zero-order valence-corrected chi connectivity index (χ0v) is 31.0. The van der Waals surface area contributed by atoms with Crippen molar-refractivity contribution in [3.8, 4) is 0 Å². The molecule has 46 heavy (non-hydrogen) atoms. The summed E-state index contributed by atoms with van der Waals surface area (Å²) >= 11 is 0. The standard InChI is InChI=1S/C38H74N2O6/c1-7-11-13-15-17-19-21-27-43-37(44-28-22-20-18-16-14-12-8-2)25-24-36(41)46-35-30-34(33(5)6)31-40(32-35)38(42)45-29-23-26-39(9-3)10-4/h33-35,37H,7-32H2,1-6H3. The Morgan fingerprint density at radius 1 is 0.717 bits per heavy atom. The number of carbonyl (C=O) groups excluding carboxylic acids is 2. The number of amides is 1. The Bertz CT molecular complexity index is 712. The smallest absolute Gasteiger partial charge is 0.409 e. The van der Waals surface area contributed by atoms with Crippen LogP contribution in [-0.4, -0.2) is 86.8 Å². The van der Waals surface area contributed by atoms with Gasteiger partial charge < -0.3 is 28.7 Å². The average molecular weight is 655 g/mol. The second-order valence-electron chi connectivity index (χ2n) is 13.7. The molecule has 1 heterocycles. The molecular formula is C38H74N2O6. The van der Waals surface area contributed by atoms with E-state index in [1.54, 1.807) is 4.90 Å². The Morgan fingerprint density at radius 2 is 1.26 bits per heavy atom. The quantitative estimate of drug-likeness (QED) is 0.0452. The molecule has 0 bridgehead atoms. The molecule has 0 saturated carbocycles. The predicted molar refractivity (Wildman–Crippen MR) is 189 cm³/mol. The highest BCUT2D eigenvalue weighted by Crippen LogP contribution is 2.26. The molecule has 8 heteroatoms. The third-order valence-corrected chi connectivity index (χ3v) is 9.37. The first-order valence-corrected chi connectivity index (χ1v) is 19.4. The minimum atomic E-state index is -0.384. The average Bonchev–Trinajstić information content (AvgIpc) is 3.05. The maximum Gasteiger partial charge on any atom is 0.409 e. The molecule has 0 aromatic carbocycles. The van der Waals surface area contributed by atoms with Crippen molar-refractivity contribution in [2.24, 2.45) is 11.8 Å². The van der Waals surface area contributed by atoms with Gasteiger partial charge in [0.05, 0.1) is 19.6 Å². The minimum Gasteiger partial charge on any atom is -0.460 e. The second-order valence-corrected chi connectivity index (χ2v) is 13.7. The van der Waals surface area contributed by atoms with Crippen LogP contribution in [0.25, 0.3) is 0 Å². The third kappa shape index (κ3) is 21.5. The first-order chi connectivity index (χ1) is 22.3. The van der Waals surface area contributed by atoms with E-state index in [-0.39, 0.29) is 36.8 Å². The Morgan fingerprint density at radius 3 is 1.78 bits per heavy atom. The number of likely N-dealkylation sites (tertiary alicyclic amines) is 1. The van der Waals surface area contributed by atoms with E-state index in [4.69, 9.17) is 18.9 Å². The molecule has 0 aromatic heterocycles. The van der Waals surface area contributed by atoms with Gasteiger partial charge in [-0.15, -0.1) is 0 Å². The van der Waals surface area contributed by atoms with Gasteiger partial charge in [0.15, 0.2) is 6.29 Å². The molecule has 0 radical (unpaired) electrons. The maximum atomic E-state index is 13.0. The molecule has 0 spiro atoms. The Hall–Kier alpha value is -1.38. The number of rotatable bonds is 29. The third-order valence-electron chi connectivity index (χ3n) is 9.37. The molecule has 272 valence electrons. The van der Waals surface area contributed by atoms with E-state index in [1.807, 2.05) is 0 Å². The van der Waals surface area contributed by atoms with Gasteiger partial charge in [0.2, 0.25) is 0 Å². The Kier molecular flexibility index (Phi) is 26.5. The van der Waals surface area contributed by atoms with Gasteiger partial charge in [-0.2, -0.15) is 0 Å². The van der Waals surface area contributed by atoms with Crippen molar-refractivity contribution in [3.05, 3.63) is 0 Å². The van der Waals surface area contributed by atoms with Gasteiger partial charge in [-0.1, -0.05) is 119 Å². The normalized spacial score (nSPS) is 16.9. The first-order valence-electron chi connectivity index (χ1n) is 19.4. The molecule has 1 saturated heterocycles. The summed E-state index contributed by atoms with van der Waals surface area (Å²) in [6.07, 6.45) is 18.6. The van der Waals surface area contributed by atoms with Gasteiger partial charge in [0, 0.05) is 32.7 Å². The van der Waals surface area contributed by atoms with E-state index in [2.05, 4.69) is 46.4 Å². The van der Waals surface area contributed by atoms with Crippen molar-refractivity contribution in [2.75, 3.05) is 52.5 Å². The molecule has 0 aliphatic carbocycles. The number of carbonyl (C=O) groups is 2.